The number of non-ortho nitro benzene ring substituents is 1. The van der Waals surface area contributed by atoms with Gasteiger partial charge < -0.3 is 9.84 Å². The van der Waals surface area contributed by atoms with Crippen LogP contribution in [-0.4, -0.2) is 29.3 Å². The second-order valence-electron chi connectivity index (χ2n) is 4.94. The molecule has 2 rings (SSSR count). The number of hydrogen-bond donors (Lipinski definition) is 2. The van der Waals surface area contributed by atoms with Crippen molar-refractivity contribution in [2.24, 2.45) is 5.10 Å². The first-order valence-electron chi connectivity index (χ1n) is 7.02. The van der Waals surface area contributed by atoms with Gasteiger partial charge in [-0.25, -0.2) is 5.43 Å². The largest absolute Gasteiger partial charge is 0.504 e. The first kappa shape index (κ1) is 18.4. The van der Waals surface area contributed by atoms with Gasteiger partial charge in [0.1, 0.15) is 0 Å². The molecule has 0 spiro atoms. The van der Waals surface area contributed by atoms with Crippen LogP contribution in [0, 0.1) is 10.1 Å². The molecule has 0 radical (unpaired) electrons. The lowest BCUT2D eigenvalue weighted by atomic mass is 10.1. The van der Waals surface area contributed by atoms with Gasteiger partial charge in [-0.1, -0.05) is 28.1 Å². The summed E-state index contributed by atoms with van der Waals surface area (Å²) in [5.74, 6) is -0.730. The minimum Gasteiger partial charge on any atom is -0.504 e. The minimum atomic E-state index is -0.620. The number of aromatic hydroxyl groups is 1. The quantitative estimate of drug-likeness (QED) is 0.434. The fourth-order valence-electron chi connectivity index (χ4n) is 1.97. The number of carbonyl (C=O) groups excluding carboxylic acids is 1. The average Bonchev–Trinajstić information content (AvgIpc) is 2.58. The standard InChI is InChI=1S/C16H14BrN3O5/c1-25-14-8-13(20(23)24)7-11(16(14)22)9-18-19-15(21)6-10-2-4-12(17)5-3-10/h2-5,7-9,22H,6H2,1H3,(H,19,21)/b18-9-. The van der Waals surface area contributed by atoms with Gasteiger partial charge in [0, 0.05) is 16.1 Å². The molecule has 0 fully saturated rings. The Morgan fingerprint density at radius 1 is 1.40 bits per heavy atom. The number of amides is 1. The fraction of sp³-hybridized carbons (Fsp3) is 0.125. The molecular weight excluding hydrogens is 394 g/mol. The van der Waals surface area contributed by atoms with Gasteiger partial charge in [0.05, 0.1) is 30.7 Å². The zero-order chi connectivity index (χ0) is 18.4. The number of methoxy groups -OCH3 is 1. The van der Waals surface area contributed by atoms with E-state index in [2.05, 4.69) is 26.5 Å². The highest BCUT2D eigenvalue weighted by Gasteiger charge is 2.15. The smallest absolute Gasteiger partial charge is 0.274 e. The molecule has 0 saturated carbocycles. The number of phenols is 1. The molecule has 1 amide bonds. The van der Waals surface area contributed by atoms with Gasteiger partial charge in [0.2, 0.25) is 5.91 Å². The monoisotopic (exact) mass is 407 g/mol. The number of nitro benzene ring substituents is 1. The molecule has 2 aromatic carbocycles. The van der Waals surface area contributed by atoms with Crippen molar-refractivity contribution in [3.63, 3.8) is 0 Å². The number of ether oxygens (including phenoxy) is 1. The molecule has 2 N–H and O–H groups in total. The molecule has 0 unspecified atom stereocenters. The van der Waals surface area contributed by atoms with Crippen molar-refractivity contribution in [1.82, 2.24) is 5.43 Å². The third-order valence-electron chi connectivity index (χ3n) is 3.19. The highest BCUT2D eigenvalue weighted by atomic mass is 79.9. The van der Waals surface area contributed by atoms with Crippen molar-refractivity contribution in [2.75, 3.05) is 7.11 Å². The average molecular weight is 408 g/mol. The SMILES string of the molecule is COc1cc([N+](=O)[O-])cc(/C=N\NC(=O)Cc2ccc(Br)cc2)c1O. The summed E-state index contributed by atoms with van der Waals surface area (Å²) in [4.78, 5) is 22.1. The van der Waals surface area contributed by atoms with Crippen LogP contribution in [0.1, 0.15) is 11.1 Å². The predicted octanol–water partition coefficient (Wildman–Crippen LogP) is 2.76. The van der Waals surface area contributed by atoms with Crippen molar-refractivity contribution in [3.05, 3.63) is 62.1 Å². The maximum Gasteiger partial charge on any atom is 0.274 e. The van der Waals surface area contributed by atoms with Gasteiger partial charge >= 0.3 is 0 Å². The highest BCUT2D eigenvalue weighted by molar-refractivity contribution is 9.10. The van der Waals surface area contributed by atoms with Crippen LogP contribution in [0.4, 0.5) is 5.69 Å². The van der Waals surface area contributed by atoms with Crippen molar-refractivity contribution < 1.29 is 19.6 Å². The molecule has 0 aromatic heterocycles. The lowest BCUT2D eigenvalue weighted by Gasteiger charge is -2.06. The Morgan fingerprint density at radius 3 is 2.68 bits per heavy atom. The molecule has 0 bridgehead atoms. The predicted molar refractivity (Wildman–Crippen MR) is 94.9 cm³/mol. The zero-order valence-electron chi connectivity index (χ0n) is 13.1. The normalized spacial score (nSPS) is 10.6. The number of hydrogen-bond acceptors (Lipinski definition) is 6. The molecule has 0 atom stereocenters. The first-order chi connectivity index (χ1) is 11.9. The molecule has 0 heterocycles. The Labute approximate surface area is 151 Å². The van der Waals surface area contributed by atoms with E-state index in [0.717, 1.165) is 28.4 Å². The Balaban J connectivity index is 2.08. The number of halogens is 1. The van der Waals surface area contributed by atoms with Crippen molar-refractivity contribution >= 4 is 33.7 Å². The molecule has 8 nitrogen and oxygen atoms in total. The van der Waals surface area contributed by atoms with Crippen molar-refractivity contribution in [1.29, 1.82) is 0 Å². The highest BCUT2D eigenvalue weighted by Crippen LogP contribution is 2.33. The Morgan fingerprint density at radius 2 is 2.08 bits per heavy atom. The summed E-state index contributed by atoms with van der Waals surface area (Å²) >= 11 is 3.31. The number of benzene rings is 2. The minimum absolute atomic E-state index is 0.0509. The molecule has 0 aliphatic carbocycles. The number of hydrazone groups is 1. The molecule has 25 heavy (non-hydrogen) atoms. The summed E-state index contributed by atoms with van der Waals surface area (Å²) in [6, 6.07) is 9.45. The van der Waals surface area contributed by atoms with Crippen molar-refractivity contribution in [2.45, 2.75) is 6.42 Å². The summed E-state index contributed by atoms with van der Waals surface area (Å²) in [6.07, 6.45) is 1.24. The first-order valence-corrected chi connectivity index (χ1v) is 7.81. The molecule has 0 aliphatic rings. The van der Waals surface area contributed by atoms with Crippen LogP contribution in [0.3, 0.4) is 0 Å². The van der Waals surface area contributed by atoms with E-state index in [-0.39, 0.29) is 35.1 Å². The number of carbonyl (C=O) groups is 1. The van der Waals surface area contributed by atoms with E-state index in [9.17, 15) is 20.0 Å². The second kappa shape index (κ2) is 8.25. The van der Waals surface area contributed by atoms with Gasteiger partial charge in [-0.15, -0.1) is 0 Å². The molecule has 0 saturated heterocycles. The summed E-state index contributed by atoms with van der Waals surface area (Å²) in [5.41, 5.74) is 2.89. The maximum absolute atomic E-state index is 11.8. The van der Waals surface area contributed by atoms with Crippen LogP contribution in [0.25, 0.3) is 0 Å². The van der Waals surface area contributed by atoms with Gasteiger partial charge in [0.25, 0.3) is 5.69 Å². The van der Waals surface area contributed by atoms with Crippen LogP contribution in [0.5, 0.6) is 11.5 Å². The number of rotatable bonds is 6. The van der Waals surface area contributed by atoms with E-state index in [1.807, 2.05) is 12.1 Å². The van der Waals surface area contributed by atoms with E-state index in [1.165, 1.54) is 7.11 Å². The Bertz CT molecular complexity index is 821. The van der Waals surface area contributed by atoms with Gasteiger partial charge in [-0.3, -0.25) is 14.9 Å². The fourth-order valence-corrected chi connectivity index (χ4v) is 2.24. The van der Waals surface area contributed by atoms with Crippen LogP contribution in [0.15, 0.2) is 46.0 Å². The summed E-state index contributed by atoms with van der Waals surface area (Å²) in [7, 11) is 1.28. The van der Waals surface area contributed by atoms with E-state index < -0.39 is 4.92 Å². The molecule has 0 aliphatic heterocycles. The number of nitrogens with zero attached hydrogens (tertiary/aromatic N) is 2. The number of nitro groups is 1. The second-order valence-corrected chi connectivity index (χ2v) is 5.86. The maximum atomic E-state index is 11.8. The molecular formula is C16H14BrN3O5. The summed E-state index contributed by atoms with van der Waals surface area (Å²) in [6.45, 7) is 0. The topological polar surface area (TPSA) is 114 Å². The van der Waals surface area contributed by atoms with Gasteiger partial charge in [-0.2, -0.15) is 5.10 Å². The summed E-state index contributed by atoms with van der Waals surface area (Å²) in [5, 5.41) is 24.6. The lowest BCUT2D eigenvalue weighted by Crippen LogP contribution is -2.19. The Hall–Kier alpha value is -2.94. The van der Waals surface area contributed by atoms with E-state index in [0.29, 0.717) is 0 Å². The molecule has 2 aromatic rings. The lowest BCUT2D eigenvalue weighted by molar-refractivity contribution is -0.385. The molecule has 9 heteroatoms. The van der Waals surface area contributed by atoms with E-state index >= 15 is 0 Å². The molecule has 130 valence electrons. The Kier molecular flexibility index (Phi) is 6.07. The van der Waals surface area contributed by atoms with E-state index in [1.54, 1.807) is 12.1 Å². The third kappa shape index (κ3) is 5.01. The van der Waals surface area contributed by atoms with E-state index in [4.69, 9.17) is 4.74 Å². The summed E-state index contributed by atoms with van der Waals surface area (Å²) < 4.78 is 5.79. The van der Waals surface area contributed by atoms with Crippen LogP contribution in [-0.2, 0) is 11.2 Å². The number of nitrogens with one attached hydrogen (secondary N) is 1. The zero-order valence-corrected chi connectivity index (χ0v) is 14.7. The third-order valence-corrected chi connectivity index (χ3v) is 3.72. The van der Waals surface area contributed by atoms with Crippen LogP contribution < -0.4 is 10.2 Å². The van der Waals surface area contributed by atoms with Crippen LogP contribution >= 0.6 is 15.9 Å². The van der Waals surface area contributed by atoms with Gasteiger partial charge in [-0.05, 0) is 17.7 Å². The van der Waals surface area contributed by atoms with Gasteiger partial charge in [0.15, 0.2) is 11.5 Å². The van der Waals surface area contributed by atoms with Crippen molar-refractivity contribution in [3.8, 4) is 11.5 Å². The van der Waals surface area contributed by atoms with Crippen LogP contribution in [0.2, 0.25) is 0 Å². The number of phenolic OH excluding ortho intramolecular Hbond substituents is 1.